The minimum absolute atomic E-state index is 0.151. The smallest absolute Gasteiger partial charge is 0.348 e. The summed E-state index contributed by atoms with van der Waals surface area (Å²) in [5, 5.41) is 0. The highest BCUT2D eigenvalue weighted by atomic mass is 79.9. The van der Waals surface area contributed by atoms with Gasteiger partial charge in [0.05, 0.1) is 7.11 Å². The lowest BCUT2D eigenvalue weighted by Crippen LogP contribution is -2.29. The molecule has 1 aliphatic heterocycles. The third kappa shape index (κ3) is 2.16. The van der Waals surface area contributed by atoms with Gasteiger partial charge in [0.15, 0.2) is 11.5 Å². The van der Waals surface area contributed by atoms with Gasteiger partial charge in [-0.25, -0.2) is 9.18 Å². The molecule has 0 saturated heterocycles. The number of alkyl halides is 1. The van der Waals surface area contributed by atoms with Crippen LogP contribution in [-0.2, 0) is 15.2 Å². The Morgan fingerprint density at radius 3 is 2.50 bits per heavy atom. The normalized spacial score (nSPS) is 16.9. The summed E-state index contributed by atoms with van der Waals surface area (Å²) >= 11 is 3.23. The van der Waals surface area contributed by atoms with Gasteiger partial charge in [-0.15, -0.1) is 0 Å². The lowest BCUT2D eigenvalue weighted by molar-refractivity contribution is -0.154. The van der Waals surface area contributed by atoms with Crippen molar-refractivity contribution in [2.24, 2.45) is 0 Å². The first-order valence-corrected chi connectivity index (χ1v) is 6.13. The number of carbonyl (C=O) groups excluding carboxylic acids is 1. The molecule has 2 rings (SSSR count). The zero-order chi connectivity index (χ0) is 13.3. The van der Waals surface area contributed by atoms with Crippen molar-refractivity contribution < 1.29 is 23.4 Å². The van der Waals surface area contributed by atoms with Gasteiger partial charge < -0.3 is 14.2 Å². The van der Waals surface area contributed by atoms with E-state index < -0.39 is 11.6 Å². The van der Waals surface area contributed by atoms with Crippen LogP contribution in [0.2, 0.25) is 0 Å². The minimum Gasteiger partial charge on any atom is -0.486 e. The van der Waals surface area contributed by atoms with Gasteiger partial charge in [0, 0.05) is 10.0 Å². The fourth-order valence-corrected chi connectivity index (χ4v) is 2.42. The van der Waals surface area contributed by atoms with Crippen LogP contribution in [0.25, 0.3) is 0 Å². The number of esters is 1. The van der Waals surface area contributed by atoms with Gasteiger partial charge in [-0.1, -0.05) is 15.9 Å². The molecule has 0 bridgehead atoms. The second-order valence-electron chi connectivity index (χ2n) is 3.97. The summed E-state index contributed by atoms with van der Waals surface area (Å²) in [4.78, 5) is 11.5. The van der Waals surface area contributed by atoms with Crippen LogP contribution >= 0.6 is 15.9 Å². The molecule has 0 amide bonds. The average Bonchev–Trinajstić information content (AvgIpc) is 2.36. The maximum Gasteiger partial charge on any atom is 0.348 e. The summed E-state index contributed by atoms with van der Waals surface area (Å²) in [5.41, 5.74) is -2.10. The lowest BCUT2D eigenvalue weighted by atomic mass is 9.97. The van der Waals surface area contributed by atoms with Crippen LogP contribution in [0.4, 0.5) is 4.39 Å². The molecular formula is C12H12BrFO4. The fraction of sp³-hybridized carbons (Fsp3) is 0.417. The van der Waals surface area contributed by atoms with Gasteiger partial charge in [0.2, 0.25) is 5.67 Å². The highest BCUT2D eigenvalue weighted by Crippen LogP contribution is 2.41. The Balaban J connectivity index is 2.48. The van der Waals surface area contributed by atoms with Crippen LogP contribution in [0.1, 0.15) is 12.5 Å². The molecule has 0 saturated carbocycles. The van der Waals surface area contributed by atoms with E-state index in [4.69, 9.17) is 9.47 Å². The van der Waals surface area contributed by atoms with E-state index in [-0.39, 0.29) is 5.56 Å². The van der Waals surface area contributed by atoms with Crippen molar-refractivity contribution in [1.82, 2.24) is 0 Å². The molecule has 1 heterocycles. The molecule has 1 atom stereocenters. The van der Waals surface area contributed by atoms with Crippen molar-refractivity contribution in [3.63, 3.8) is 0 Å². The van der Waals surface area contributed by atoms with Crippen LogP contribution in [0, 0.1) is 0 Å². The van der Waals surface area contributed by atoms with Crippen LogP contribution in [-0.4, -0.2) is 26.3 Å². The fourth-order valence-electron chi connectivity index (χ4n) is 1.73. The first-order valence-electron chi connectivity index (χ1n) is 5.33. The molecule has 1 unspecified atom stereocenters. The number of ether oxygens (including phenoxy) is 3. The molecule has 0 spiro atoms. The Bertz CT molecular complexity index is 487. The highest BCUT2D eigenvalue weighted by Gasteiger charge is 2.39. The van der Waals surface area contributed by atoms with Gasteiger partial charge in [-0.05, 0) is 19.1 Å². The number of benzene rings is 1. The SMILES string of the molecule is COC(=O)C(C)(F)c1cc2c(cc1Br)OCCO2. The molecule has 18 heavy (non-hydrogen) atoms. The molecule has 98 valence electrons. The van der Waals surface area contributed by atoms with Crippen molar-refractivity contribution in [3.05, 3.63) is 22.2 Å². The number of fused-ring (bicyclic) bond motifs is 1. The van der Waals surface area contributed by atoms with E-state index >= 15 is 0 Å². The summed E-state index contributed by atoms with van der Waals surface area (Å²) in [6.45, 7) is 1.99. The molecule has 1 aliphatic rings. The van der Waals surface area contributed by atoms with Crippen LogP contribution in [0.3, 0.4) is 0 Å². The topological polar surface area (TPSA) is 44.8 Å². The largest absolute Gasteiger partial charge is 0.486 e. The van der Waals surface area contributed by atoms with Crippen molar-refractivity contribution in [1.29, 1.82) is 0 Å². The zero-order valence-electron chi connectivity index (χ0n) is 9.96. The quantitative estimate of drug-likeness (QED) is 0.786. The maximum absolute atomic E-state index is 14.4. The molecule has 0 aliphatic carbocycles. The Kier molecular flexibility index (Phi) is 3.47. The Morgan fingerprint density at radius 1 is 1.39 bits per heavy atom. The van der Waals surface area contributed by atoms with Crippen molar-refractivity contribution in [2.75, 3.05) is 20.3 Å². The molecular weight excluding hydrogens is 307 g/mol. The molecule has 1 aromatic rings. The monoisotopic (exact) mass is 318 g/mol. The van der Waals surface area contributed by atoms with E-state index in [1.165, 1.54) is 6.07 Å². The van der Waals surface area contributed by atoms with Gasteiger partial charge >= 0.3 is 5.97 Å². The van der Waals surface area contributed by atoms with Gasteiger partial charge in [0.25, 0.3) is 0 Å². The van der Waals surface area contributed by atoms with Gasteiger partial charge in [-0.3, -0.25) is 0 Å². The lowest BCUT2D eigenvalue weighted by Gasteiger charge is -2.24. The number of hydrogen-bond donors (Lipinski definition) is 0. The number of methoxy groups -OCH3 is 1. The van der Waals surface area contributed by atoms with Crippen LogP contribution in [0.15, 0.2) is 16.6 Å². The van der Waals surface area contributed by atoms with Crippen molar-refractivity contribution >= 4 is 21.9 Å². The molecule has 0 radical (unpaired) electrons. The van der Waals surface area contributed by atoms with Crippen molar-refractivity contribution in [2.45, 2.75) is 12.6 Å². The van der Waals surface area contributed by atoms with E-state index in [1.807, 2.05) is 0 Å². The highest BCUT2D eigenvalue weighted by molar-refractivity contribution is 9.10. The average molecular weight is 319 g/mol. The third-order valence-electron chi connectivity index (χ3n) is 2.71. The Hall–Kier alpha value is -1.30. The van der Waals surface area contributed by atoms with Crippen LogP contribution < -0.4 is 9.47 Å². The maximum atomic E-state index is 14.4. The first kappa shape index (κ1) is 13.1. The molecule has 1 aromatic carbocycles. The summed E-state index contributed by atoms with van der Waals surface area (Å²) in [5.74, 6) is -0.00959. The Labute approximate surface area is 112 Å². The number of rotatable bonds is 2. The third-order valence-corrected chi connectivity index (χ3v) is 3.36. The van der Waals surface area contributed by atoms with Gasteiger partial charge in [0.1, 0.15) is 13.2 Å². The second-order valence-corrected chi connectivity index (χ2v) is 4.82. The zero-order valence-corrected chi connectivity index (χ0v) is 11.5. The predicted molar refractivity (Wildman–Crippen MR) is 65.6 cm³/mol. The summed E-state index contributed by atoms with van der Waals surface area (Å²) < 4.78 is 30.1. The summed E-state index contributed by atoms with van der Waals surface area (Å²) in [6, 6.07) is 3.04. The van der Waals surface area contributed by atoms with Crippen LogP contribution in [0.5, 0.6) is 11.5 Å². The van der Waals surface area contributed by atoms with E-state index in [0.29, 0.717) is 29.2 Å². The molecule has 0 aromatic heterocycles. The standard InChI is InChI=1S/C12H12BrFO4/c1-12(14,11(15)16-2)7-5-9-10(6-8(7)13)18-4-3-17-9/h5-6H,3-4H2,1-2H3. The minimum atomic E-state index is -2.25. The van der Waals surface area contributed by atoms with E-state index in [9.17, 15) is 9.18 Å². The predicted octanol–water partition coefficient (Wildman–Crippen LogP) is 2.58. The summed E-state index contributed by atoms with van der Waals surface area (Å²) in [6.07, 6.45) is 0. The molecule has 4 nitrogen and oxygen atoms in total. The second kappa shape index (κ2) is 4.76. The number of hydrogen-bond acceptors (Lipinski definition) is 4. The Morgan fingerprint density at radius 2 is 1.94 bits per heavy atom. The van der Waals surface area contributed by atoms with E-state index in [2.05, 4.69) is 20.7 Å². The number of carbonyl (C=O) groups is 1. The molecule has 0 N–H and O–H groups in total. The van der Waals surface area contributed by atoms with Crippen molar-refractivity contribution in [3.8, 4) is 11.5 Å². The first-order chi connectivity index (χ1) is 8.46. The van der Waals surface area contributed by atoms with E-state index in [0.717, 1.165) is 14.0 Å². The summed E-state index contributed by atoms with van der Waals surface area (Å²) in [7, 11) is 1.14. The molecule has 0 fully saturated rings. The van der Waals surface area contributed by atoms with Gasteiger partial charge in [-0.2, -0.15) is 0 Å². The molecule has 6 heteroatoms. The van der Waals surface area contributed by atoms with E-state index in [1.54, 1.807) is 6.07 Å². The number of halogens is 2.